The Morgan fingerprint density at radius 1 is 1.21 bits per heavy atom. The first-order valence-electron chi connectivity index (χ1n) is 9.69. The minimum atomic E-state index is 0.0199. The number of rotatable bonds is 6. The molecule has 2 aliphatic rings. The molecule has 2 aromatic rings. The van der Waals surface area contributed by atoms with Gasteiger partial charge in [0.2, 0.25) is 0 Å². The molecule has 28 heavy (non-hydrogen) atoms. The van der Waals surface area contributed by atoms with Gasteiger partial charge in [-0.25, -0.2) is 14.6 Å². The molecule has 1 fully saturated rings. The molecule has 0 radical (unpaired) electrons. The van der Waals surface area contributed by atoms with Gasteiger partial charge in [0.1, 0.15) is 12.4 Å². The van der Waals surface area contributed by atoms with E-state index in [0.717, 1.165) is 67.7 Å². The highest BCUT2D eigenvalue weighted by molar-refractivity contribution is 7.98. The molecule has 0 N–H and O–H groups in total. The third-order valence-corrected chi connectivity index (χ3v) is 6.20. The SMILES string of the molecule is COCc1nccc(N2CCN(CCn3nc4c(cc3=O)CSCC4)CC2)n1. The average molecular weight is 403 g/mol. The summed E-state index contributed by atoms with van der Waals surface area (Å²) in [6.07, 6.45) is 2.75. The number of aryl methyl sites for hydroxylation is 1. The topological polar surface area (TPSA) is 76.4 Å². The fourth-order valence-corrected chi connectivity index (χ4v) is 4.56. The van der Waals surface area contributed by atoms with Gasteiger partial charge >= 0.3 is 0 Å². The van der Waals surface area contributed by atoms with Gasteiger partial charge in [0, 0.05) is 64.3 Å². The van der Waals surface area contributed by atoms with Gasteiger partial charge in [-0.2, -0.15) is 16.9 Å². The molecule has 2 aliphatic heterocycles. The van der Waals surface area contributed by atoms with E-state index in [9.17, 15) is 4.79 Å². The maximum absolute atomic E-state index is 12.3. The number of aromatic nitrogens is 4. The fraction of sp³-hybridized carbons (Fsp3) is 0.579. The molecular weight excluding hydrogens is 376 g/mol. The van der Waals surface area contributed by atoms with Crippen molar-refractivity contribution in [2.24, 2.45) is 0 Å². The Morgan fingerprint density at radius 2 is 2.07 bits per heavy atom. The summed E-state index contributed by atoms with van der Waals surface area (Å²) in [5, 5.41) is 4.61. The average Bonchev–Trinajstić information content (AvgIpc) is 2.73. The van der Waals surface area contributed by atoms with Gasteiger partial charge < -0.3 is 9.64 Å². The van der Waals surface area contributed by atoms with Crippen molar-refractivity contribution in [3.05, 3.63) is 45.8 Å². The highest BCUT2D eigenvalue weighted by Gasteiger charge is 2.19. The molecule has 4 rings (SSSR count). The second-order valence-electron chi connectivity index (χ2n) is 7.07. The van der Waals surface area contributed by atoms with E-state index in [-0.39, 0.29) is 5.56 Å². The van der Waals surface area contributed by atoms with Crippen LogP contribution in [0, 0.1) is 0 Å². The standard InChI is InChI=1S/C19H26N6O2S/c1-27-13-17-20-4-2-18(21-17)24-8-5-23(6-9-24)7-10-25-19(26)12-15-14-28-11-3-16(15)22-25/h2,4,12H,3,5-11,13-14H2,1H3. The highest BCUT2D eigenvalue weighted by Crippen LogP contribution is 2.21. The lowest BCUT2D eigenvalue weighted by molar-refractivity contribution is 0.177. The van der Waals surface area contributed by atoms with Crippen LogP contribution in [0.4, 0.5) is 5.82 Å². The van der Waals surface area contributed by atoms with E-state index in [1.54, 1.807) is 24.1 Å². The molecule has 0 amide bonds. The van der Waals surface area contributed by atoms with Crippen molar-refractivity contribution in [2.45, 2.75) is 25.3 Å². The molecule has 0 aromatic carbocycles. The van der Waals surface area contributed by atoms with Crippen LogP contribution in [0.3, 0.4) is 0 Å². The zero-order chi connectivity index (χ0) is 19.3. The van der Waals surface area contributed by atoms with Crippen LogP contribution in [0.2, 0.25) is 0 Å². The van der Waals surface area contributed by atoms with Crippen LogP contribution in [0.25, 0.3) is 0 Å². The molecule has 150 valence electrons. The van der Waals surface area contributed by atoms with Gasteiger partial charge in [0.25, 0.3) is 5.56 Å². The molecule has 4 heterocycles. The molecular formula is C19H26N6O2S. The molecule has 0 spiro atoms. The van der Waals surface area contributed by atoms with Gasteiger partial charge in [-0.15, -0.1) is 0 Å². The van der Waals surface area contributed by atoms with Crippen LogP contribution in [0.1, 0.15) is 17.1 Å². The minimum Gasteiger partial charge on any atom is -0.377 e. The maximum atomic E-state index is 12.3. The molecule has 2 aromatic heterocycles. The third kappa shape index (κ3) is 4.53. The molecule has 0 saturated carbocycles. The summed E-state index contributed by atoms with van der Waals surface area (Å²) in [6.45, 7) is 5.62. The zero-order valence-electron chi connectivity index (χ0n) is 16.2. The fourth-order valence-electron chi connectivity index (χ4n) is 3.61. The van der Waals surface area contributed by atoms with Crippen LogP contribution >= 0.6 is 11.8 Å². The summed E-state index contributed by atoms with van der Waals surface area (Å²) in [4.78, 5) is 25.8. The lowest BCUT2D eigenvalue weighted by Gasteiger charge is -2.35. The molecule has 8 nitrogen and oxygen atoms in total. The smallest absolute Gasteiger partial charge is 0.267 e. The Kier molecular flexibility index (Phi) is 6.23. The third-order valence-electron chi connectivity index (χ3n) is 5.19. The van der Waals surface area contributed by atoms with Gasteiger partial charge in [-0.05, 0) is 17.4 Å². The molecule has 0 aliphatic carbocycles. The van der Waals surface area contributed by atoms with Crippen molar-refractivity contribution >= 4 is 17.6 Å². The van der Waals surface area contributed by atoms with Crippen LogP contribution in [0.5, 0.6) is 0 Å². The van der Waals surface area contributed by atoms with E-state index in [4.69, 9.17) is 4.74 Å². The lowest BCUT2D eigenvalue weighted by Crippen LogP contribution is -2.48. The van der Waals surface area contributed by atoms with Gasteiger partial charge in [-0.1, -0.05) is 0 Å². The Hall–Kier alpha value is -1.97. The Morgan fingerprint density at radius 3 is 2.89 bits per heavy atom. The number of nitrogens with zero attached hydrogens (tertiary/aromatic N) is 6. The van der Waals surface area contributed by atoms with E-state index in [1.807, 2.05) is 17.8 Å². The summed E-state index contributed by atoms with van der Waals surface area (Å²) >= 11 is 1.87. The van der Waals surface area contributed by atoms with E-state index < -0.39 is 0 Å². The number of thioether (sulfide) groups is 1. The summed E-state index contributed by atoms with van der Waals surface area (Å²) in [5.41, 5.74) is 2.23. The molecule has 0 atom stereocenters. The van der Waals surface area contributed by atoms with E-state index in [1.165, 1.54) is 0 Å². The number of hydrogen-bond donors (Lipinski definition) is 0. The monoisotopic (exact) mass is 402 g/mol. The molecule has 0 bridgehead atoms. The van der Waals surface area contributed by atoms with Crippen molar-refractivity contribution in [2.75, 3.05) is 50.5 Å². The Labute approximate surface area is 168 Å². The van der Waals surface area contributed by atoms with Crippen LogP contribution in [0.15, 0.2) is 23.1 Å². The van der Waals surface area contributed by atoms with Gasteiger partial charge in [0.15, 0.2) is 5.82 Å². The van der Waals surface area contributed by atoms with E-state index in [2.05, 4.69) is 24.9 Å². The van der Waals surface area contributed by atoms with Crippen LogP contribution in [-0.4, -0.2) is 70.2 Å². The number of fused-ring (bicyclic) bond motifs is 1. The number of methoxy groups -OCH3 is 1. The predicted molar refractivity (Wildman–Crippen MR) is 110 cm³/mol. The highest BCUT2D eigenvalue weighted by atomic mass is 32.2. The quantitative estimate of drug-likeness (QED) is 0.702. The van der Waals surface area contributed by atoms with Crippen molar-refractivity contribution in [1.29, 1.82) is 0 Å². The Balaban J connectivity index is 1.31. The predicted octanol–water partition coefficient (Wildman–Crippen LogP) is 0.791. The van der Waals surface area contributed by atoms with Crippen LogP contribution < -0.4 is 10.5 Å². The van der Waals surface area contributed by atoms with Crippen molar-refractivity contribution < 1.29 is 4.74 Å². The number of hydrogen-bond acceptors (Lipinski definition) is 8. The van der Waals surface area contributed by atoms with E-state index >= 15 is 0 Å². The van der Waals surface area contributed by atoms with Crippen molar-refractivity contribution in [3.63, 3.8) is 0 Å². The lowest BCUT2D eigenvalue weighted by atomic mass is 10.2. The largest absolute Gasteiger partial charge is 0.377 e. The van der Waals surface area contributed by atoms with Crippen LogP contribution in [-0.2, 0) is 30.1 Å². The van der Waals surface area contributed by atoms with Crippen molar-refractivity contribution in [3.8, 4) is 0 Å². The number of piperazine rings is 1. The van der Waals surface area contributed by atoms with Gasteiger partial charge in [0.05, 0.1) is 12.2 Å². The molecule has 0 unspecified atom stereocenters. The summed E-state index contributed by atoms with van der Waals surface area (Å²) in [6, 6.07) is 3.73. The summed E-state index contributed by atoms with van der Waals surface area (Å²) in [5.74, 6) is 3.66. The number of ether oxygens (including phenoxy) is 1. The first kappa shape index (κ1) is 19.4. The second kappa shape index (κ2) is 9.02. The van der Waals surface area contributed by atoms with E-state index in [0.29, 0.717) is 19.0 Å². The first-order chi connectivity index (χ1) is 13.7. The summed E-state index contributed by atoms with van der Waals surface area (Å²) < 4.78 is 6.76. The van der Waals surface area contributed by atoms with Crippen molar-refractivity contribution in [1.82, 2.24) is 24.6 Å². The minimum absolute atomic E-state index is 0.0199. The molecule has 1 saturated heterocycles. The first-order valence-corrected chi connectivity index (χ1v) is 10.8. The Bertz CT molecular complexity index is 866. The normalized spacial score (nSPS) is 17.5. The summed E-state index contributed by atoms with van der Waals surface area (Å²) in [7, 11) is 1.65. The zero-order valence-corrected chi connectivity index (χ0v) is 17.0. The van der Waals surface area contributed by atoms with Gasteiger partial charge in [-0.3, -0.25) is 9.69 Å². The maximum Gasteiger partial charge on any atom is 0.267 e. The molecule has 9 heteroatoms. The second-order valence-corrected chi connectivity index (χ2v) is 8.18. The number of anilines is 1.